The first-order valence-corrected chi connectivity index (χ1v) is 8.39. The molecule has 7 heteroatoms. The zero-order chi connectivity index (χ0) is 17.4. The van der Waals surface area contributed by atoms with Crippen LogP contribution >= 0.6 is 11.6 Å². The highest BCUT2D eigenvalue weighted by Crippen LogP contribution is 2.20. The van der Waals surface area contributed by atoms with Crippen molar-refractivity contribution in [2.75, 3.05) is 13.2 Å². The second kappa shape index (κ2) is 9.39. The van der Waals surface area contributed by atoms with Gasteiger partial charge in [0.05, 0.1) is 6.10 Å². The van der Waals surface area contributed by atoms with Crippen molar-refractivity contribution in [3.63, 3.8) is 0 Å². The predicted molar refractivity (Wildman–Crippen MR) is 91.8 cm³/mol. The van der Waals surface area contributed by atoms with Crippen LogP contribution in [0.25, 0.3) is 11.4 Å². The number of aryl methyl sites for hydroxylation is 1. The average Bonchev–Trinajstić information content (AvgIpc) is 3.01. The molecule has 1 aromatic heterocycles. The van der Waals surface area contributed by atoms with Crippen molar-refractivity contribution in [1.29, 1.82) is 0 Å². The third-order valence-corrected chi connectivity index (χ3v) is 3.45. The number of rotatable bonds is 9. The van der Waals surface area contributed by atoms with Crippen LogP contribution in [0.2, 0.25) is 5.02 Å². The van der Waals surface area contributed by atoms with Crippen molar-refractivity contribution in [1.82, 2.24) is 15.5 Å². The van der Waals surface area contributed by atoms with Gasteiger partial charge in [0.15, 0.2) is 0 Å². The van der Waals surface area contributed by atoms with Crippen molar-refractivity contribution < 1.29 is 14.1 Å². The first-order chi connectivity index (χ1) is 11.5. The molecular formula is C17H22ClN3O3. The third-order valence-electron chi connectivity index (χ3n) is 3.21. The van der Waals surface area contributed by atoms with E-state index in [0.717, 1.165) is 12.0 Å². The Morgan fingerprint density at radius 3 is 3.00 bits per heavy atom. The summed E-state index contributed by atoms with van der Waals surface area (Å²) in [5.74, 6) is 0.865. The van der Waals surface area contributed by atoms with Crippen molar-refractivity contribution in [3.05, 3.63) is 35.2 Å². The van der Waals surface area contributed by atoms with Crippen molar-refractivity contribution in [2.45, 2.75) is 39.2 Å². The minimum absolute atomic E-state index is 0.0398. The molecule has 0 aliphatic rings. The van der Waals surface area contributed by atoms with Crippen LogP contribution in [0.3, 0.4) is 0 Å². The Bertz CT molecular complexity index is 658. The zero-order valence-corrected chi connectivity index (χ0v) is 14.7. The number of nitrogens with one attached hydrogen (secondary N) is 1. The number of hydrogen-bond acceptors (Lipinski definition) is 5. The average molecular weight is 352 g/mol. The monoisotopic (exact) mass is 351 g/mol. The fourth-order valence-electron chi connectivity index (χ4n) is 2.03. The van der Waals surface area contributed by atoms with Crippen LogP contribution in [0.15, 0.2) is 28.8 Å². The third kappa shape index (κ3) is 6.29. The lowest BCUT2D eigenvalue weighted by atomic mass is 10.2. The SMILES string of the molecule is CC(C)OCCCNC(=O)CCc1nc(-c2cccc(Cl)c2)no1. The number of ether oxygens (including phenoxy) is 1. The maximum Gasteiger partial charge on any atom is 0.227 e. The first kappa shape index (κ1) is 18.4. The van der Waals surface area contributed by atoms with E-state index < -0.39 is 0 Å². The molecule has 0 aliphatic carbocycles. The highest BCUT2D eigenvalue weighted by atomic mass is 35.5. The number of aromatic nitrogens is 2. The predicted octanol–water partition coefficient (Wildman–Crippen LogP) is 3.25. The molecule has 2 rings (SSSR count). The number of carbonyl (C=O) groups is 1. The largest absolute Gasteiger partial charge is 0.379 e. The van der Waals surface area contributed by atoms with Crippen molar-refractivity contribution in [3.8, 4) is 11.4 Å². The van der Waals surface area contributed by atoms with Gasteiger partial charge in [0.25, 0.3) is 0 Å². The van der Waals surface area contributed by atoms with E-state index in [2.05, 4.69) is 15.5 Å². The molecule has 0 saturated carbocycles. The summed E-state index contributed by atoms with van der Waals surface area (Å²) < 4.78 is 10.6. The van der Waals surface area contributed by atoms with Crippen LogP contribution in [0, 0.1) is 0 Å². The van der Waals surface area contributed by atoms with E-state index in [1.807, 2.05) is 26.0 Å². The molecule has 0 bridgehead atoms. The number of halogens is 1. The lowest BCUT2D eigenvalue weighted by molar-refractivity contribution is -0.121. The first-order valence-electron chi connectivity index (χ1n) is 8.01. The lowest BCUT2D eigenvalue weighted by Crippen LogP contribution is -2.25. The number of nitrogens with zero attached hydrogens (tertiary/aromatic N) is 2. The van der Waals surface area contributed by atoms with E-state index in [-0.39, 0.29) is 12.0 Å². The second-order valence-electron chi connectivity index (χ2n) is 5.65. The highest BCUT2D eigenvalue weighted by molar-refractivity contribution is 6.30. The Balaban J connectivity index is 1.72. The van der Waals surface area contributed by atoms with Gasteiger partial charge < -0.3 is 14.6 Å². The van der Waals surface area contributed by atoms with Gasteiger partial charge in [-0.15, -0.1) is 0 Å². The van der Waals surface area contributed by atoms with E-state index in [1.54, 1.807) is 12.1 Å². The molecule has 2 aromatic rings. The zero-order valence-electron chi connectivity index (χ0n) is 13.9. The Morgan fingerprint density at radius 2 is 2.25 bits per heavy atom. The van der Waals surface area contributed by atoms with Crippen LogP contribution in [-0.4, -0.2) is 35.3 Å². The fraction of sp³-hybridized carbons (Fsp3) is 0.471. The fourth-order valence-corrected chi connectivity index (χ4v) is 2.22. The Morgan fingerprint density at radius 1 is 1.42 bits per heavy atom. The molecule has 1 aromatic carbocycles. The molecule has 0 atom stereocenters. The summed E-state index contributed by atoms with van der Waals surface area (Å²) in [6.07, 6.45) is 1.72. The van der Waals surface area contributed by atoms with E-state index >= 15 is 0 Å². The van der Waals surface area contributed by atoms with Crippen LogP contribution in [0.5, 0.6) is 0 Å². The number of amides is 1. The maximum atomic E-state index is 11.8. The molecule has 0 fully saturated rings. The number of hydrogen-bond donors (Lipinski definition) is 1. The minimum Gasteiger partial charge on any atom is -0.379 e. The Labute approximate surface area is 146 Å². The van der Waals surface area contributed by atoms with Crippen molar-refractivity contribution >= 4 is 17.5 Å². The van der Waals surface area contributed by atoms with Crippen LogP contribution in [0.4, 0.5) is 0 Å². The van der Waals surface area contributed by atoms with Gasteiger partial charge in [-0.1, -0.05) is 28.9 Å². The summed E-state index contributed by atoms with van der Waals surface area (Å²) in [5, 5.41) is 7.37. The van der Waals surface area contributed by atoms with E-state index in [1.165, 1.54) is 0 Å². The lowest BCUT2D eigenvalue weighted by Gasteiger charge is -2.07. The summed E-state index contributed by atoms with van der Waals surface area (Å²) in [6, 6.07) is 7.22. The topological polar surface area (TPSA) is 77.2 Å². The molecule has 0 radical (unpaired) electrons. The summed E-state index contributed by atoms with van der Waals surface area (Å²) in [5.41, 5.74) is 0.784. The highest BCUT2D eigenvalue weighted by Gasteiger charge is 2.10. The van der Waals surface area contributed by atoms with Gasteiger partial charge in [0.2, 0.25) is 17.6 Å². The van der Waals surface area contributed by atoms with E-state index in [0.29, 0.717) is 42.7 Å². The van der Waals surface area contributed by atoms with Gasteiger partial charge >= 0.3 is 0 Å². The molecule has 1 N–H and O–H groups in total. The summed E-state index contributed by atoms with van der Waals surface area (Å²) in [7, 11) is 0. The van der Waals surface area contributed by atoms with Gasteiger partial charge in [-0.25, -0.2) is 0 Å². The smallest absolute Gasteiger partial charge is 0.227 e. The van der Waals surface area contributed by atoms with Gasteiger partial charge in [-0.2, -0.15) is 4.98 Å². The second-order valence-corrected chi connectivity index (χ2v) is 6.08. The molecule has 130 valence electrons. The maximum absolute atomic E-state index is 11.8. The standard InChI is InChI=1S/C17H22ClN3O3/c1-12(2)23-10-4-9-19-15(22)7-8-16-20-17(21-24-16)13-5-3-6-14(18)11-13/h3,5-6,11-12H,4,7-10H2,1-2H3,(H,19,22). The normalized spacial score (nSPS) is 11.0. The minimum atomic E-state index is -0.0398. The Hall–Kier alpha value is -1.92. The number of carbonyl (C=O) groups excluding carboxylic acids is 1. The molecule has 1 heterocycles. The molecule has 0 aliphatic heterocycles. The molecule has 6 nitrogen and oxygen atoms in total. The molecule has 24 heavy (non-hydrogen) atoms. The quantitative estimate of drug-likeness (QED) is 0.702. The Kier molecular flexibility index (Phi) is 7.21. The molecule has 1 amide bonds. The van der Waals surface area contributed by atoms with Gasteiger partial charge in [-0.05, 0) is 32.4 Å². The van der Waals surface area contributed by atoms with Gasteiger partial charge in [0, 0.05) is 36.6 Å². The number of benzene rings is 1. The van der Waals surface area contributed by atoms with Crippen molar-refractivity contribution in [2.24, 2.45) is 0 Å². The van der Waals surface area contributed by atoms with Gasteiger partial charge in [0.1, 0.15) is 0 Å². The molecule has 0 spiro atoms. The van der Waals surface area contributed by atoms with Crippen LogP contribution in [-0.2, 0) is 16.0 Å². The summed E-state index contributed by atoms with van der Waals surface area (Å²) in [6.45, 7) is 5.22. The summed E-state index contributed by atoms with van der Waals surface area (Å²) >= 11 is 5.94. The van der Waals surface area contributed by atoms with Gasteiger partial charge in [-0.3, -0.25) is 4.79 Å². The van der Waals surface area contributed by atoms with Crippen LogP contribution < -0.4 is 5.32 Å². The molecule has 0 unspecified atom stereocenters. The van der Waals surface area contributed by atoms with Crippen LogP contribution in [0.1, 0.15) is 32.6 Å². The molecular weight excluding hydrogens is 330 g/mol. The van der Waals surface area contributed by atoms with E-state index in [9.17, 15) is 4.79 Å². The summed E-state index contributed by atoms with van der Waals surface area (Å²) in [4.78, 5) is 16.1. The van der Waals surface area contributed by atoms with E-state index in [4.69, 9.17) is 20.9 Å². The molecule has 0 saturated heterocycles.